The molecule has 0 radical (unpaired) electrons. The van der Waals surface area contributed by atoms with Crippen LogP contribution in [0, 0.1) is 0 Å². The van der Waals surface area contributed by atoms with Gasteiger partial charge in [-0.05, 0) is 47.6 Å². The van der Waals surface area contributed by atoms with Gasteiger partial charge in [0.2, 0.25) is 0 Å². The summed E-state index contributed by atoms with van der Waals surface area (Å²) in [6, 6.07) is 0. The van der Waals surface area contributed by atoms with Gasteiger partial charge in [-0.15, -0.1) is 0 Å². The minimum absolute atomic E-state index is 0.102. The Balaban J connectivity index is 3.85. The monoisotopic (exact) mass is 261 g/mol. The summed E-state index contributed by atoms with van der Waals surface area (Å²) in [7, 11) is 0. The SMILES string of the molecule is CCNC(C)(CO)CC(C)OCCOC(C)(C)C. The van der Waals surface area contributed by atoms with Crippen molar-refractivity contribution in [3.63, 3.8) is 0 Å². The topological polar surface area (TPSA) is 50.7 Å². The van der Waals surface area contributed by atoms with Crippen molar-refractivity contribution in [2.24, 2.45) is 0 Å². The van der Waals surface area contributed by atoms with E-state index in [2.05, 4.69) is 5.32 Å². The highest BCUT2D eigenvalue weighted by molar-refractivity contribution is 4.83. The molecule has 0 rings (SSSR count). The summed E-state index contributed by atoms with van der Waals surface area (Å²) in [6.07, 6.45) is 0.886. The molecule has 0 aromatic heterocycles. The third-order valence-corrected chi connectivity index (χ3v) is 2.71. The van der Waals surface area contributed by atoms with E-state index in [1.165, 1.54) is 0 Å². The van der Waals surface area contributed by atoms with E-state index in [-0.39, 0.29) is 23.9 Å². The van der Waals surface area contributed by atoms with E-state index < -0.39 is 0 Å². The van der Waals surface area contributed by atoms with Crippen LogP contribution >= 0.6 is 0 Å². The van der Waals surface area contributed by atoms with E-state index in [0.717, 1.165) is 13.0 Å². The van der Waals surface area contributed by atoms with Crippen molar-refractivity contribution in [3.8, 4) is 0 Å². The molecule has 0 amide bonds. The lowest BCUT2D eigenvalue weighted by Gasteiger charge is -2.31. The van der Waals surface area contributed by atoms with E-state index in [9.17, 15) is 5.11 Å². The number of nitrogens with one attached hydrogen (secondary N) is 1. The third-order valence-electron chi connectivity index (χ3n) is 2.71. The van der Waals surface area contributed by atoms with Crippen molar-refractivity contribution in [1.82, 2.24) is 5.32 Å². The van der Waals surface area contributed by atoms with Crippen LogP contribution in [-0.4, -0.2) is 48.7 Å². The number of ether oxygens (including phenoxy) is 2. The highest BCUT2D eigenvalue weighted by Crippen LogP contribution is 2.14. The Kier molecular flexibility index (Phi) is 8.03. The molecule has 0 aliphatic rings. The minimum atomic E-state index is -0.265. The first-order valence-electron chi connectivity index (χ1n) is 6.84. The molecule has 0 saturated heterocycles. The summed E-state index contributed by atoms with van der Waals surface area (Å²) in [5.74, 6) is 0. The lowest BCUT2D eigenvalue weighted by Crippen LogP contribution is -2.48. The molecule has 0 aliphatic heterocycles. The molecule has 18 heavy (non-hydrogen) atoms. The lowest BCUT2D eigenvalue weighted by atomic mass is 9.96. The van der Waals surface area contributed by atoms with Gasteiger partial charge >= 0.3 is 0 Å². The van der Waals surface area contributed by atoms with Gasteiger partial charge in [-0.3, -0.25) is 0 Å². The van der Waals surface area contributed by atoms with Crippen molar-refractivity contribution < 1.29 is 14.6 Å². The van der Waals surface area contributed by atoms with Crippen LogP contribution in [0.25, 0.3) is 0 Å². The van der Waals surface area contributed by atoms with Crippen molar-refractivity contribution >= 4 is 0 Å². The number of hydrogen-bond donors (Lipinski definition) is 2. The second-order valence-corrected chi connectivity index (χ2v) is 6.10. The number of rotatable bonds is 9. The van der Waals surface area contributed by atoms with Gasteiger partial charge in [0.15, 0.2) is 0 Å². The van der Waals surface area contributed by atoms with Gasteiger partial charge in [-0.1, -0.05) is 6.92 Å². The van der Waals surface area contributed by atoms with E-state index in [1.807, 2.05) is 41.5 Å². The maximum atomic E-state index is 9.40. The normalized spacial score (nSPS) is 17.5. The zero-order valence-corrected chi connectivity index (χ0v) is 12.9. The van der Waals surface area contributed by atoms with Crippen LogP contribution in [0.4, 0.5) is 0 Å². The van der Waals surface area contributed by atoms with Crippen LogP contribution in [-0.2, 0) is 9.47 Å². The first-order chi connectivity index (χ1) is 8.22. The molecule has 0 aromatic carbocycles. The second kappa shape index (κ2) is 8.10. The summed E-state index contributed by atoms with van der Waals surface area (Å²) in [6.45, 7) is 14.3. The molecule has 0 aliphatic carbocycles. The molecule has 0 spiro atoms. The van der Waals surface area contributed by atoms with E-state index in [4.69, 9.17) is 9.47 Å². The maximum absolute atomic E-state index is 9.40. The van der Waals surface area contributed by atoms with Gasteiger partial charge in [0.25, 0.3) is 0 Å². The Bertz CT molecular complexity index is 216. The molecule has 0 aromatic rings. The summed E-state index contributed by atoms with van der Waals surface area (Å²) < 4.78 is 11.3. The molecule has 4 heteroatoms. The van der Waals surface area contributed by atoms with Crippen LogP contribution in [0.15, 0.2) is 0 Å². The molecule has 2 atom stereocenters. The zero-order chi connectivity index (χ0) is 14.2. The Hall–Kier alpha value is -0.160. The van der Waals surface area contributed by atoms with E-state index >= 15 is 0 Å². The smallest absolute Gasteiger partial charge is 0.0707 e. The molecule has 0 heterocycles. The predicted octanol–water partition coefficient (Wildman–Crippen LogP) is 1.96. The van der Waals surface area contributed by atoms with Gasteiger partial charge in [0.1, 0.15) is 0 Å². The number of likely N-dealkylation sites (N-methyl/N-ethyl adjacent to an activating group) is 1. The number of aliphatic hydroxyl groups is 1. The first-order valence-corrected chi connectivity index (χ1v) is 6.84. The third kappa shape index (κ3) is 8.86. The number of aliphatic hydroxyl groups excluding tert-OH is 1. The highest BCUT2D eigenvalue weighted by atomic mass is 16.5. The lowest BCUT2D eigenvalue weighted by molar-refractivity contribution is -0.0548. The quantitative estimate of drug-likeness (QED) is 0.623. The highest BCUT2D eigenvalue weighted by Gasteiger charge is 2.25. The van der Waals surface area contributed by atoms with E-state index in [0.29, 0.717) is 13.2 Å². The fraction of sp³-hybridized carbons (Fsp3) is 1.00. The zero-order valence-electron chi connectivity index (χ0n) is 12.9. The van der Waals surface area contributed by atoms with Gasteiger partial charge in [0, 0.05) is 5.54 Å². The van der Waals surface area contributed by atoms with Crippen molar-refractivity contribution in [2.45, 2.75) is 65.2 Å². The Labute approximate surface area is 112 Å². The van der Waals surface area contributed by atoms with Crippen LogP contribution in [0.2, 0.25) is 0 Å². The van der Waals surface area contributed by atoms with Crippen LogP contribution in [0.1, 0.15) is 48.0 Å². The largest absolute Gasteiger partial charge is 0.394 e. The molecule has 0 fully saturated rings. The predicted molar refractivity (Wildman–Crippen MR) is 74.9 cm³/mol. The molecule has 2 unspecified atom stereocenters. The summed E-state index contributed by atoms with van der Waals surface area (Å²) in [5.41, 5.74) is -0.380. The van der Waals surface area contributed by atoms with Gasteiger partial charge in [-0.25, -0.2) is 0 Å². The van der Waals surface area contributed by atoms with Gasteiger partial charge < -0.3 is 19.9 Å². The van der Waals surface area contributed by atoms with E-state index in [1.54, 1.807) is 0 Å². The summed E-state index contributed by atoms with van der Waals surface area (Å²) in [5, 5.41) is 12.7. The van der Waals surface area contributed by atoms with Crippen LogP contribution in [0.5, 0.6) is 0 Å². The van der Waals surface area contributed by atoms with Crippen LogP contribution in [0.3, 0.4) is 0 Å². The molecule has 4 nitrogen and oxygen atoms in total. The minimum Gasteiger partial charge on any atom is -0.394 e. The molecule has 2 N–H and O–H groups in total. The van der Waals surface area contributed by atoms with Crippen molar-refractivity contribution in [3.05, 3.63) is 0 Å². The average molecular weight is 261 g/mol. The van der Waals surface area contributed by atoms with Crippen LogP contribution < -0.4 is 5.32 Å². The Morgan fingerprint density at radius 1 is 1.17 bits per heavy atom. The average Bonchev–Trinajstić information content (AvgIpc) is 2.23. The Morgan fingerprint density at radius 3 is 2.22 bits per heavy atom. The standard InChI is InChI=1S/C14H31NO3/c1-7-15-14(6,11-16)10-12(2)17-8-9-18-13(3,4)5/h12,15-16H,7-11H2,1-6H3. The Morgan fingerprint density at radius 2 is 1.78 bits per heavy atom. The molecule has 0 saturated carbocycles. The second-order valence-electron chi connectivity index (χ2n) is 6.10. The molecule has 0 bridgehead atoms. The fourth-order valence-corrected chi connectivity index (χ4v) is 1.91. The summed E-state index contributed by atoms with van der Waals surface area (Å²) >= 11 is 0. The molecule has 110 valence electrons. The molecular formula is C14H31NO3. The van der Waals surface area contributed by atoms with Gasteiger partial charge in [-0.2, -0.15) is 0 Å². The fourth-order valence-electron chi connectivity index (χ4n) is 1.91. The van der Waals surface area contributed by atoms with Gasteiger partial charge in [0.05, 0.1) is 31.5 Å². The number of hydrogen-bond acceptors (Lipinski definition) is 4. The summed E-state index contributed by atoms with van der Waals surface area (Å²) in [4.78, 5) is 0. The van der Waals surface area contributed by atoms with Crippen molar-refractivity contribution in [1.29, 1.82) is 0 Å². The maximum Gasteiger partial charge on any atom is 0.0707 e. The first kappa shape index (κ1) is 17.8. The van der Waals surface area contributed by atoms with Crippen molar-refractivity contribution in [2.75, 3.05) is 26.4 Å². The molecular weight excluding hydrogens is 230 g/mol.